The molecule has 1 aromatic rings. The molecule has 0 N–H and O–H groups in total. The van der Waals surface area contributed by atoms with Crippen LogP contribution >= 0.6 is 0 Å². The molecule has 0 aliphatic rings. The molecule has 0 aromatic heterocycles. The minimum atomic E-state index is -0.148. The van der Waals surface area contributed by atoms with Crippen LogP contribution in [0, 0.1) is 0 Å². The molecule has 0 radical (unpaired) electrons. The summed E-state index contributed by atoms with van der Waals surface area (Å²) in [5.74, 6) is -0.148. The Morgan fingerprint density at radius 3 is 2.50 bits per heavy atom. The molecule has 1 aromatic carbocycles. The fourth-order valence-electron chi connectivity index (χ4n) is 1.22. The quantitative estimate of drug-likeness (QED) is 0.713. The van der Waals surface area contributed by atoms with Gasteiger partial charge in [-0.2, -0.15) is 0 Å². The predicted octanol–water partition coefficient (Wildman–Crippen LogP) is 2.07. The lowest BCUT2D eigenvalue weighted by molar-refractivity contribution is -0.146. The van der Waals surface area contributed by atoms with Gasteiger partial charge in [0, 0.05) is 6.04 Å². The molecule has 0 saturated heterocycles. The molecule has 1 rings (SSSR count). The molecule has 0 unspecified atom stereocenters. The highest BCUT2D eigenvalue weighted by molar-refractivity contribution is 5.70. The molecule has 0 saturated carbocycles. The van der Waals surface area contributed by atoms with E-state index >= 15 is 0 Å². The van der Waals surface area contributed by atoms with Gasteiger partial charge >= 0.3 is 5.97 Å². The first kappa shape index (κ1) is 12.7. The van der Waals surface area contributed by atoms with Crippen molar-refractivity contribution in [2.24, 2.45) is 0 Å². The molecule has 0 aliphatic heterocycles. The number of esters is 1. The molecule has 1 atom stereocenters. The molecule has 0 amide bonds. The Labute approximate surface area is 97.0 Å². The summed E-state index contributed by atoms with van der Waals surface area (Å²) in [7, 11) is 3.91. The van der Waals surface area contributed by atoms with E-state index in [1.807, 2.05) is 56.3 Å². The van der Waals surface area contributed by atoms with Crippen LogP contribution in [0.25, 0.3) is 0 Å². The SMILES string of the molecule is C[C@@H](CC(=O)OCc1ccccc1)N(C)C. The van der Waals surface area contributed by atoms with Gasteiger partial charge in [0.05, 0.1) is 6.42 Å². The van der Waals surface area contributed by atoms with Crippen molar-refractivity contribution in [3.05, 3.63) is 35.9 Å². The maximum absolute atomic E-state index is 11.5. The average molecular weight is 221 g/mol. The highest BCUT2D eigenvalue weighted by atomic mass is 16.5. The highest BCUT2D eigenvalue weighted by Gasteiger charge is 2.11. The summed E-state index contributed by atoms with van der Waals surface area (Å²) in [6.07, 6.45) is 0.430. The first-order chi connectivity index (χ1) is 7.59. The van der Waals surface area contributed by atoms with Crippen LogP contribution in [-0.2, 0) is 16.1 Å². The van der Waals surface area contributed by atoms with Gasteiger partial charge in [0.25, 0.3) is 0 Å². The van der Waals surface area contributed by atoms with Crippen molar-refractivity contribution in [3.8, 4) is 0 Å². The molecule has 16 heavy (non-hydrogen) atoms. The maximum atomic E-state index is 11.5. The zero-order chi connectivity index (χ0) is 12.0. The fourth-order valence-corrected chi connectivity index (χ4v) is 1.22. The topological polar surface area (TPSA) is 29.5 Å². The lowest BCUT2D eigenvalue weighted by Crippen LogP contribution is -2.27. The Morgan fingerprint density at radius 2 is 1.94 bits per heavy atom. The molecule has 3 nitrogen and oxygen atoms in total. The van der Waals surface area contributed by atoms with E-state index in [1.54, 1.807) is 0 Å². The number of rotatable bonds is 5. The van der Waals surface area contributed by atoms with E-state index in [4.69, 9.17) is 4.74 Å². The average Bonchev–Trinajstić information content (AvgIpc) is 2.27. The standard InChI is InChI=1S/C13H19NO2/c1-11(14(2)3)9-13(15)16-10-12-7-5-4-6-8-12/h4-8,11H,9-10H2,1-3H3/t11-/m0/s1. The number of hydrogen-bond donors (Lipinski definition) is 0. The largest absolute Gasteiger partial charge is 0.461 e. The second-order valence-electron chi connectivity index (χ2n) is 4.16. The van der Waals surface area contributed by atoms with Crippen molar-refractivity contribution in [2.75, 3.05) is 14.1 Å². The second-order valence-corrected chi connectivity index (χ2v) is 4.16. The molecule has 88 valence electrons. The van der Waals surface area contributed by atoms with E-state index in [-0.39, 0.29) is 12.0 Å². The van der Waals surface area contributed by atoms with Crippen LogP contribution in [0.1, 0.15) is 18.9 Å². The summed E-state index contributed by atoms with van der Waals surface area (Å²) in [4.78, 5) is 13.5. The van der Waals surface area contributed by atoms with Gasteiger partial charge in [-0.3, -0.25) is 4.79 Å². The minimum Gasteiger partial charge on any atom is -0.461 e. The predicted molar refractivity (Wildman–Crippen MR) is 64.0 cm³/mol. The summed E-state index contributed by atoms with van der Waals surface area (Å²) >= 11 is 0. The maximum Gasteiger partial charge on any atom is 0.307 e. The molecule has 0 heterocycles. The number of nitrogens with zero attached hydrogens (tertiary/aromatic N) is 1. The van der Waals surface area contributed by atoms with E-state index in [0.29, 0.717) is 13.0 Å². The third-order valence-electron chi connectivity index (χ3n) is 2.59. The second kappa shape index (κ2) is 6.28. The van der Waals surface area contributed by atoms with Gasteiger partial charge in [0.1, 0.15) is 6.61 Å². The molecule has 0 aliphatic carbocycles. The van der Waals surface area contributed by atoms with Crippen molar-refractivity contribution >= 4 is 5.97 Å². The molecular formula is C13H19NO2. The smallest absolute Gasteiger partial charge is 0.307 e. The van der Waals surface area contributed by atoms with Crippen molar-refractivity contribution < 1.29 is 9.53 Å². The minimum absolute atomic E-state index is 0.148. The van der Waals surface area contributed by atoms with Crippen LogP contribution < -0.4 is 0 Å². The van der Waals surface area contributed by atoms with E-state index in [0.717, 1.165) is 5.56 Å². The first-order valence-corrected chi connectivity index (χ1v) is 5.45. The number of hydrogen-bond acceptors (Lipinski definition) is 3. The molecular weight excluding hydrogens is 202 g/mol. The summed E-state index contributed by atoms with van der Waals surface area (Å²) in [6, 6.07) is 9.92. The van der Waals surface area contributed by atoms with Gasteiger partial charge in [0.2, 0.25) is 0 Å². The third-order valence-corrected chi connectivity index (χ3v) is 2.59. The first-order valence-electron chi connectivity index (χ1n) is 5.45. The van der Waals surface area contributed by atoms with Gasteiger partial charge in [-0.15, -0.1) is 0 Å². The normalized spacial score (nSPS) is 12.5. The number of ether oxygens (including phenoxy) is 1. The Kier molecular flexibility index (Phi) is 4.99. The van der Waals surface area contributed by atoms with Crippen LogP contribution in [0.2, 0.25) is 0 Å². The zero-order valence-electron chi connectivity index (χ0n) is 10.1. The lowest BCUT2D eigenvalue weighted by atomic mass is 10.2. The van der Waals surface area contributed by atoms with E-state index < -0.39 is 0 Å². The fraction of sp³-hybridized carbons (Fsp3) is 0.462. The van der Waals surface area contributed by atoms with Crippen LogP contribution in [0.15, 0.2) is 30.3 Å². The monoisotopic (exact) mass is 221 g/mol. The van der Waals surface area contributed by atoms with Gasteiger partial charge in [-0.25, -0.2) is 0 Å². The zero-order valence-corrected chi connectivity index (χ0v) is 10.1. The highest BCUT2D eigenvalue weighted by Crippen LogP contribution is 2.04. The van der Waals surface area contributed by atoms with Gasteiger partial charge in [-0.1, -0.05) is 30.3 Å². The van der Waals surface area contributed by atoms with E-state index in [1.165, 1.54) is 0 Å². The summed E-state index contributed by atoms with van der Waals surface area (Å²) in [5, 5.41) is 0. The Hall–Kier alpha value is -1.35. The van der Waals surface area contributed by atoms with Crippen molar-refractivity contribution in [2.45, 2.75) is 26.0 Å². The number of carbonyl (C=O) groups is 1. The molecule has 0 spiro atoms. The van der Waals surface area contributed by atoms with Crippen LogP contribution in [-0.4, -0.2) is 31.0 Å². The van der Waals surface area contributed by atoms with Crippen molar-refractivity contribution in [1.29, 1.82) is 0 Å². The molecule has 0 bridgehead atoms. The Balaban J connectivity index is 2.31. The Bertz CT molecular complexity index is 322. The number of benzene rings is 1. The van der Waals surface area contributed by atoms with Crippen LogP contribution in [0.5, 0.6) is 0 Å². The molecule has 3 heteroatoms. The van der Waals surface area contributed by atoms with Crippen molar-refractivity contribution in [3.63, 3.8) is 0 Å². The van der Waals surface area contributed by atoms with Gasteiger partial charge in [-0.05, 0) is 26.6 Å². The Morgan fingerprint density at radius 1 is 1.31 bits per heavy atom. The summed E-state index contributed by atoms with van der Waals surface area (Å²) in [6.45, 7) is 2.36. The third kappa shape index (κ3) is 4.45. The van der Waals surface area contributed by atoms with Gasteiger partial charge < -0.3 is 9.64 Å². The van der Waals surface area contributed by atoms with Gasteiger partial charge in [0.15, 0.2) is 0 Å². The molecule has 0 fully saturated rings. The summed E-state index contributed by atoms with van der Waals surface area (Å²) in [5.41, 5.74) is 1.02. The van der Waals surface area contributed by atoms with Crippen LogP contribution in [0.3, 0.4) is 0 Å². The van der Waals surface area contributed by atoms with Crippen molar-refractivity contribution in [1.82, 2.24) is 4.90 Å². The van der Waals surface area contributed by atoms with Crippen LogP contribution in [0.4, 0.5) is 0 Å². The van der Waals surface area contributed by atoms with E-state index in [2.05, 4.69) is 0 Å². The summed E-state index contributed by atoms with van der Waals surface area (Å²) < 4.78 is 5.18. The lowest BCUT2D eigenvalue weighted by Gasteiger charge is -2.18. The van der Waals surface area contributed by atoms with E-state index in [9.17, 15) is 4.79 Å². The number of carbonyl (C=O) groups excluding carboxylic acids is 1.